The summed E-state index contributed by atoms with van der Waals surface area (Å²) in [7, 11) is 1.64. The quantitative estimate of drug-likeness (QED) is 0.461. The molecule has 1 aromatic heterocycles. The van der Waals surface area contributed by atoms with Gasteiger partial charge in [-0.15, -0.1) is 4.91 Å². The first-order valence-corrected chi connectivity index (χ1v) is 3.93. The normalized spacial score (nSPS) is 9.50. The summed E-state index contributed by atoms with van der Waals surface area (Å²) in [5.41, 5.74) is 0.699. The minimum absolute atomic E-state index is 0.239. The van der Waals surface area contributed by atoms with Crippen LogP contribution in [0.1, 0.15) is 0 Å². The molecule has 0 aliphatic rings. The Morgan fingerprint density at radius 2 is 2.33 bits per heavy atom. The Hall–Kier alpha value is -1.17. The van der Waals surface area contributed by atoms with E-state index in [1.807, 2.05) is 0 Å². The van der Waals surface area contributed by atoms with E-state index in [2.05, 4.69) is 26.4 Å². The zero-order valence-electron chi connectivity index (χ0n) is 6.28. The highest BCUT2D eigenvalue weighted by Crippen LogP contribution is 2.30. The smallest absolute Gasteiger partial charge is 0.247 e. The van der Waals surface area contributed by atoms with Gasteiger partial charge in [-0.05, 0) is 21.1 Å². The standard InChI is InChI=1S/C6H6BrN3O2/c1-8-5-3-10(12)2-4(7)6(5)9-11/h2-3H,1H3,(H-,8,11,12)/p+1. The second kappa shape index (κ2) is 3.48. The van der Waals surface area contributed by atoms with Gasteiger partial charge < -0.3 is 5.32 Å². The van der Waals surface area contributed by atoms with Crippen molar-refractivity contribution in [2.75, 3.05) is 12.4 Å². The van der Waals surface area contributed by atoms with E-state index in [-0.39, 0.29) is 5.69 Å². The molecule has 2 N–H and O–H groups in total. The van der Waals surface area contributed by atoms with Gasteiger partial charge in [-0.2, -0.15) is 0 Å². The number of halogens is 1. The minimum atomic E-state index is 0.239. The zero-order valence-corrected chi connectivity index (χ0v) is 7.87. The summed E-state index contributed by atoms with van der Waals surface area (Å²) in [5.74, 6) is 0. The van der Waals surface area contributed by atoms with Crippen LogP contribution in [0.3, 0.4) is 0 Å². The minimum Gasteiger partial charge on any atom is -0.381 e. The van der Waals surface area contributed by atoms with Crippen LogP contribution in [0.5, 0.6) is 0 Å². The Morgan fingerprint density at radius 3 is 2.83 bits per heavy atom. The molecule has 12 heavy (non-hydrogen) atoms. The van der Waals surface area contributed by atoms with Crippen LogP contribution >= 0.6 is 15.9 Å². The lowest BCUT2D eigenvalue weighted by atomic mass is 10.3. The van der Waals surface area contributed by atoms with Crippen LogP contribution < -0.4 is 10.0 Å². The fraction of sp³-hybridized carbons (Fsp3) is 0.167. The van der Waals surface area contributed by atoms with Gasteiger partial charge in [-0.25, -0.2) is 0 Å². The van der Waals surface area contributed by atoms with Crippen LogP contribution in [0.4, 0.5) is 11.4 Å². The first-order chi connectivity index (χ1) is 5.69. The first-order valence-electron chi connectivity index (χ1n) is 3.14. The summed E-state index contributed by atoms with van der Waals surface area (Å²) in [6, 6.07) is 0. The van der Waals surface area contributed by atoms with E-state index in [1.165, 1.54) is 12.4 Å². The lowest BCUT2D eigenvalue weighted by molar-refractivity contribution is -0.904. The van der Waals surface area contributed by atoms with Gasteiger partial charge >= 0.3 is 0 Å². The third-order valence-electron chi connectivity index (χ3n) is 1.35. The van der Waals surface area contributed by atoms with E-state index in [1.54, 1.807) is 7.05 Å². The highest BCUT2D eigenvalue weighted by atomic mass is 79.9. The molecular formula is C6H7BrN3O2+. The van der Waals surface area contributed by atoms with Crippen molar-refractivity contribution in [3.63, 3.8) is 0 Å². The lowest BCUT2D eigenvalue weighted by Crippen LogP contribution is -2.29. The van der Waals surface area contributed by atoms with Gasteiger partial charge in [0, 0.05) is 11.8 Å². The van der Waals surface area contributed by atoms with Crippen molar-refractivity contribution in [1.29, 1.82) is 0 Å². The fourth-order valence-electron chi connectivity index (χ4n) is 0.812. The van der Waals surface area contributed by atoms with Crippen LogP contribution in [-0.2, 0) is 0 Å². The van der Waals surface area contributed by atoms with Crippen molar-refractivity contribution in [3.05, 3.63) is 21.8 Å². The Labute approximate surface area is 77.1 Å². The number of hydrogen-bond acceptors (Lipinski definition) is 4. The molecule has 0 spiro atoms. The van der Waals surface area contributed by atoms with Gasteiger partial charge in [0.1, 0.15) is 10.2 Å². The number of nitroso groups, excluding NO2 is 1. The van der Waals surface area contributed by atoms with Crippen molar-refractivity contribution in [3.8, 4) is 0 Å². The second-order valence-electron chi connectivity index (χ2n) is 2.09. The van der Waals surface area contributed by atoms with Crippen molar-refractivity contribution < 1.29 is 9.94 Å². The Morgan fingerprint density at radius 1 is 1.67 bits per heavy atom. The first kappa shape index (κ1) is 8.92. The Bertz CT molecular complexity index is 316. The highest BCUT2D eigenvalue weighted by Gasteiger charge is 2.13. The van der Waals surface area contributed by atoms with Gasteiger partial charge in [-0.1, -0.05) is 0 Å². The van der Waals surface area contributed by atoms with E-state index in [4.69, 9.17) is 5.21 Å². The third-order valence-corrected chi connectivity index (χ3v) is 1.93. The maximum absolute atomic E-state index is 10.3. The van der Waals surface area contributed by atoms with Gasteiger partial charge in [0.15, 0.2) is 5.69 Å². The molecule has 0 fully saturated rings. The summed E-state index contributed by atoms with van der Waals surface area (Å²) < 4.78 is 1.27. The molecule has 0 amide bonds. The SMILES string of the molecule is CNc1c[n+](O)cc(Br)c1N=O. The number of nitrogens with one attached hydrogen (secondary N) is 1. The molecule has 6 heteroatoms. The summed E-state index contributed by atoms with van der Waals surface area (Å²) in [6.07, 6.45) is 2.68. The predicted molar refractivity (Wildman–Crippen MR) is 46.5 cm³/mol. The number of aromatic nitrogens is 1. The molecule has 0 aromatic carbocycles. The Kier molecular flexibility index (Phi) is 2.59. The van der Waals surface area contributed by atoms with E-state index in [9.17, 15) is 4.91 Å². The molecule has 1 heterocycles. The van der Waals surface area contributed by atoms with E-state index in [0.29, 0.717) is 10.2 Å². The molecule has 0 saturated carbocycles. The number of pyridine rings is 1. The fourth-order valence-corrected chi connectivity index (χ4v) is 1.31. The van der Waals surface area contributed by atoms with Gasteiger partial charge in [0.2, 0.25) is 12.4 Å². The van der Waals surface area contributed by atoms with Crippen molar-refractivity contribution in [2.24, 2.45) is 5.18 Å². The average Bonchev–Trinajstić information content (AvgIpc) is 2.03. The molecule has 0 bridgehead atoms. The van der Waals surface area contributed by atoms with Crippen LogP contribution in [0, 0.1) is 4.91 Å². The molecule has 0 saturated heterocycles. The molecule has 0 unspecified atom stereocenters. The number of rotatable bonds is 2. The summed E-state index contributed by atoms with van der Waals surface area (Å²) in [5, 5.41) is 14.6. The maximum Gasteiger partial charge on any atom is 0.247 e. The van der Waals surface area contributed by atoms with Gasteiger partial charge in [0.05, 0.1) is 0 Å². The zero-order chi connectivity index (χ0) is 9.14. The molecule has 64 valence electrons. The summed E-state index contributed by atoms with van der Waals surface area (Å²) in [6.45, 7) is 0. The van der Waals surface area contributed by atoms with Crippen LogP contribution in [0.2, 0.25) is 0 Å². The molecule has 0 radical (unpaired) electrons. The topological polar surface area (TPSA) is 65.6 Å². The molecule has 1 rings (SSSR count). The van der Waals surface area contributed by atoms with E-state index < -0.39 is 0 Å². The van der Waals surface area contributed by atoms with Crippen LogP contribution in [0.15, 0.2) is 22.0 Å². The molecule has 0 aliphatic heterocycles. The van der Waals surface area contributed by atoms with Crippen molar-refractivity contribution >= 4 is 27.3 Å². The van der Waals surface area contributed by atoms with Gasteiger partial charge in [0.25, 0.3) is 0 Å². The second-order valence-corrected chi connectivity index (χ2v) is 2.94. The highest BCUT2D eigenvalue weighted by molar-refractivity contribution is 9.10. The van der Waals surface area contributed by atoms with E-state index >= 15 is 0 Å². The number of nitrogens with zero attached hydrogens (tertiary/aromatic N) is 2. The lowest BCUT2D eigenvalue weighted by Gasteiger charge is -1.99. The van der Waals surface area contributed by atoms with Gasteiger partial charge in [-0.3, -0.25) is 5.21 Å². The summed E-state index contributed by atoms with van der Waals surface area (Å²) in [4.78, 5) is 10.3. The molecule has 0 aliphatic carbocycles. The largest absolute Gasteiger partial charge is 0.381 e. The number of hydrogen-bond donors (Lipinski definition) is 2. The van der Waals surface area contributed by atoms with E-state index in [0.717, 1.165) is 4.73 Å². The monoisotopic (exact) mass is 232 g/mol. The van der Waals surface area contributed by atoms with Crippen LogP contribution in [0.25, 0.3) is 0 Å². The van der Waals surface area contributed by atoms with Crippen molar-refractivity contribution in [1.82, 2.24) is 0 Å². The summed E-state index contributed by atoms with van der Waals surface area (Å²) >= 11 is 3.08. The third kappa shape index (κ3) is 1.53. The average molecular weight is 233 g/mol. The molecule has 5 nitrogen and oxygen atoms in total. The maximum atomic E-state index is 10.3. The van der Waals surface area contributed by atoms with Crippen molar-refractivity contribution in [2.45, 2.75) is 0 Å². The predicted octanol–water partition coefficient (Wildman–Crippen LogP) is 1.41. The Balaban J connectivity index is 3.33. The molecule has 0 atom stereocenters. The number of anilines is 1. The molecular weight excluding hydrogens is 226 g/mol. The molecule has 1 aromatic rings. The van der Waals surface area contributed by atoms with Crippen LogP contribution in [-0.4, -0.2) is 12.3 Å².